The summed E-state index contributed by atoms with van der Waals surface area (Å²) in [4.78, 5) is 13.7. The summed E-state index contributed by atoms with van der Waals surface area (Å²) in [5.74, 6) is -0.353. The maximum atomic E-state index is 13.2. The minimum absolute atomic E-state index is 0.0648. The second-order valence-electron chi connectivity index (χ2n) is 6.67. The van der Waals surface area contributed by atoms with Crippen LogP contribution in [0.3, 0.4) is 0 Å². The molecule has 22 heavy (non-hydrogen) atoms. The Kier molecular flexibility index (Phi) is 4.97. The Morgan fingerprint density at radius 2 is 2.18 bits per heavy atom. The first kappa shape index (κ1) is 17.0. The number of ether oxygens (including phenoxy) is 1. The van der Waals surface area contributed by atoms with Crippen molar-refractivity contribution in [2.75, 3.05) is 13.1 Å². The molecule has 1 fully saturated rings. The normalized spacial score (nSPS) is 20.1. The molecule has 1 aromatic carbocycles. The summed E-state index contributed by atoms with van der Waals surface area (Å²) in [6.45, 7) is 6.66. The molecule has 122 valence electrons. The van der Waals surface area contributed by atoms with Gasteiger partial charge in [0.15, 0.2) is 0 Å². The molecule has 2 N–H and O–H groups in total. The van der Waals surface area contributed by atoms with Crippen LogP contribution in [0.2, 0.25) is 5.02 Å². The van der Waals surface area contributed by atoms with Crippen molar-refractivity contribution in [3.8, 4) is 0 Å². The van der Waals surface area contributed by atoms with Crippen molar-refractivity contribution in [2.45, 2.75) is 38.8 Å². The van der Waals surface area contributed by atoms with Gasteiger partial charge in [-0.3, -0.25) is 0 Å². The Bertz CT molecular complexity index is 560. The van der Waals surface area contributed by atoms with E-state index in [1.54, 1.807) is 17.0 Å². The van der Waals surface area contributed by atoms with E-state index in [0.29, 0.717) is 13.1 Å². The van der Waals surface area contributed by atoms with Crippen LogP contribution >= 0.6 is 11.6 Å². The first-order valence-electron chi connectivity index (χ1n) is 7.36. The fourth-order valence-electron chi connectivity index (χ4n) is 2.56. The summed E-state index contributed by atoms with van der Waals surface area (Å²) >= 11 is 5.80. The summed E-state index contributed by atoms with van der Waals surface area (Å²) in [5.41, 5.74) is 6.52. The summed E-state index contributed by atoms with van der Waals surface area (Å²) < 4.78 is 18.6. The second kappa shape index (κ2) is 6.42. The minimum atomic E-state index is -0.512. The lowest BCUT2D eigenvalue weighted by Gasteiger charge is -2.25. The van der Waals surface area contributed by atoms with E-state index >= 15 is 0 Å². The van der Waals surface area contributed by atoms with Crippen molar-refractivity contribution in [3.05, 3.63) is 34.6 Å². The van der Waals surface area contributed by atoms with E-state index < -0.39 is 11.4 Å². The number of rotatable bonds is 2. The first-order chi connectivity index (χ1) is 10.2. The molecule has 1 heterocycles. The highest BCUT2D eigenvalue weighted by molar-refractivity contribution is 6.30. The van der Waals surface area contributed by atoms with Crippen LogP contribution in [0.15, 0.2) is 18.2 Å². The minimum Gasteiger partial charge on any atom is -0.444 e. The highest BCUT2D eigenvalue weighted by atomic mass is 35.5. The molecule has 1 aromatic rings. The molecule has 0 aliphatic carbocycles. The molecule has 2 atom stereocenters. The molecule has 0 aromatic heterocycles. The van der Waals surface area contributed by atoms with Gasteiger partial charge in [0.05, 0.1) is 5.02 Å². The van der Waals surface area contributed by atoms with E-state index in [9.17, 15) is 9.18 Å². The van der Waals surface area contributed by atoms with Crippen LogP contribution in [0.4, 0.5) is 9.18 Å². The van der Waals surface area contributed by atoms with Gasteiger partial charge in [-0.05, 0) is 50.8 Å². The van der Waals surface area contributed by atoms with Gasteiger partial charge in [-0.2, -0.15) is 0 Å². The average Bonchev–Trinajstić information content (AvgIpc) is 2.89. The number of nitrogens with zero attached hydrogens (tertiary/aromatic N) is 1. The predicted molar refractivity (Wildman–Crippen MR) is 84.3 cm³/mol. The Balaban J connectivity index is 2.00. The van der Waals surface area contributed by atoms with Gasteiger partial charge < -0.3 is 15.4 Å². The maximum absolute atomic E-state index is 13.2. The highest BCUT2D eigenvalue weighted by Crippen LogP contribution is 2.30. The van der Waals surface area contributed by atoms with Gasteiger partial charge in [0, 0.05) is 19.1 Å². The zero-order valence-corrected chi connectivity index (χ0v) is 13.9. The van der Waals surface area contributed by atoms with Crippen LogP contribution in [-0.4, -0.2) is 29.7 Å². The molecule has 1 aliphatic heterocycles. The van der Waals surface area contributed by atoms with Crippen LogP contribution in [0.25, 0.3) is 0 Å². The zero-order valence-electron chi connectivity index (χ0n) is 13.1. The van der Waals surface area contributed by atoms with Crippen LogP contribution in [0.5, 0.6) is 0 Å². The van der Waals surface area contributed by atoms with Crippen LogP contribution in [-0.2, 0) is 4.74 Å². The summed E-state index contributed by atoms with van der Waals surface area (Å²) in [5, 5.41) is 0.0648. The van der Waals surface area contributed by atoms with E-state index in [-0.39, 0.29) is 23.1 Å². The van der Waals surface area contributed by atoms with Gasteiger partial charge in [-0.1, -0.05) is 17.7 Å². The molecule has 0 bridgehead atoms. The number of hydrogen-bond donors (Lipinski definition) is 1. The third-order valence-corrected chi connectivity index (χ3v) is 4.00. The fraction of sp³-hybridized carbons (Fsp3) is 0.562. The number of hydrogen-bond acceptors (Lipinski definition) is 3. The number of carbonyl (C=O) groups excluding carboxylic acids is 1. The molecule has 0 radical (unpaired) electrons. The Morgan fingerprint density at radius 3 is 2.77 bits per heavy atom. The number of benzene rings is 1. The van der Waals surface area contributed by atoms with Crippen molar-refractivity contribution < 1.29 is 13.9 Å². The quantitative estimate of drug-likeness (QED) is 0.899. The van der Waals surface area contributed by atoms with Gasteiger partial charge in [0.25, 0.3) is 0 Å². The third kappa shape index (κ3) is 4.11. The van der Waals surface area contributed by atoms with Gasteiger partial charge in [-0.25, -0.2) is 9.18 Å². The smallest absolute Gasteiger partial charge is 0.410 e. The van der Waals surface area contributed by atoms with Crippen molar-refractivity contribution in [3.63, 3.8) is 0 Å². The molecule has 1 unspecified atom stereocenters. The Morgan fingerprint density at radius 1 is 1.50 bits per heavy atom. The Hall–Kier alpha value is -1.33. The molecule has 6 heteroatoms. The fourth-order valence-corrected chi connectivity index (χ4v) is 2.75. The molecule has 0 spiro atoms. The molecular weight excluding hydrogens is 307 g/mol. The van der Waals surface area contributed by atoms with Gasteiger partial charge in [0.1, 0.15) is 11.4 Å². The number of amides is 1. The molecular formula is C16H22ClFN2O2. The van der Waals surface area contributed by atoms with E-state index in [1.807, 2.05) is 20.8 Å². The second-order valence-corrected chi connectivity index (χ2v) is 7.08. The van der Waals surface area contributed by atoms with E-state index in [4.69, 9.17) is 22.1 Å². The lowest BCUT2D eigenvalue weighted by molar-refractivity contribution is 0.0286. The van der Waals surface area contributed by atoms with Crippen LogP contribution in [0, 0.1) is 11.7 Å². The summed E-state index contributed by atoms with van der Waals surface area (Å²) in [6, 6.07) is 4.23. The van der Waals surface area contributed by atoms with E-state index in [1.165, 1.54) is 6.07 Å². The lowest BCUT2D eigenvalue weighted by atomic mass is 9.93. The summed E-state index contributed by atoms with van der Waals surface area (Å²) in [6.07, 6.45) is 0.467. The van der Waals surface area contributed by atoms with Crippen molar-refractivity contribution in [1.82, 2.24) is 4.90 Å². The lowest BCUT2D eigenvalue weighted by Crippen LogP contribution is -2.36. The molecule has 0 saturated carbocycles. The van der Waals surface area contributed by atoms with Gasteiger partial charge in [0.2, 0.25) is 0 Å². The third-order valence-electron chi connectivity index (χ3n) is 3.71. The average molecular weight is 329 g/mol. The standard InChI is InChI=1S/C16H22ClFN2O2/c1-16(2,3)22-15(21)20-7-6-11(9-20)14(19)10-4-5-13(18)12(17)8-10/h4-5,8,11,14H,6-7,9,19H2,1-3H3/t11?,14-/m1/s1. The molecule has 2 rings (SSSR count). The first-order valence-corrected chi connectivity index (χ1v) is 7.73. The largest absolute Gasteiger partial charge is 0.444 e. The predicted octanol–water partition coefficient (Wildman–Crippen LogP) is 3.74. The van der Waals surface area contributed by atoms with E-state index in [2.05, 4.69) is 0 Å². The topological polar surface area (TPSA) is 55.6 Å². The van der Waals surface area contributed by atoms with Gasteiger partial charge >= 0.3 is 6.09 Å². The molecule has 1 amide bonds. The van der Waals surface area contributed by atoms with E-state index in [0.717, 1.165) is 12.0 Å². The monoisotopic (exact) mass is 328 g/mol. The highest BCUT2D eigenvalue weighted by Gasteiger charge is 2.33. The Labute approximate surface area is 135 Å². The maximum Gasteiger partial charge on any atom is 0.410 e. The van der Waals surface area contributed by atoms with Crippen LogP contribution in [0.1, 0.15) is 38.8 Å². The summed E-state index contributed by atoms with van der Waals surface area (Å²) in [7, 11) is 0. The number of carbonyl (C=O) groups is 1. The molecule has 4 nitrogen and oxygen atoms in total. The van der Waals surface area contributed by atoms with Crippen molar-refractivity contribution >= 4 is 17.7 Å². The van der Waals surface area contributed by atoms with Gasteiger partial charge in [-0.15, -0.1) is 0 Å². The van der Waals surface area contributed by atoms with Crippen molar-refractivity contribution in [1.29, 1.82) is 0 Å². The van der Waals surface area contributed by atoms with Crippen LogP contribution < -0.4 is 5.73 Å². The zero-order chi connectivity index (χ0) is 16.5. The number of halogens is 2. The number of likely N-dealkylation sites (tertiary alicyclic amines) is 1. The molecule has 1 aliphatic rings. The number of nitrogens with two attached hydrogens (primary N) is 1. The molecule has 1 saturated heterocycles. The van der Waals surface area contributed by atoms with Crippen molar-refractivity contribution in [2.24, 2.45) is 11.7 Å². The SMILES string of the molecule is CC(C)(C)OC(=O)N1CCC([C@H](N)c2ccc(F)c(Cl)c2)C1.